The number of aliphatic hydroxyl groups is 1. The molecule has 0 saturated heterocycles. The van der Waals surface area contributed by atoms with E-state index < -0.39 is 5.60 Å². The third-order valence-corrected chi connectivity index (χ3v) is 4.59. The summed E-state index contributed by atoms with van der Waals surface area (Å²) in [5.74, 6) is 3.02. The summed E-state index contributed by atoms with van der Waals surface area (Å²) in [5, 5.41) is 12.6. The normalized spacial score (nSPS) is 46.5. The zero-order chi connectivity index (χ0) is 10.8. The fraction of sp³-hybridized carbons (Fsp3) is 0.917. The summed E-state index contributed by atoms with van der Waals surface area (Å²) in [6.45, 7) is 3.10. The molecule has 3 aliphatic rings. The van der Waals surface area contributed by atoms with E-state index in [-0.39, 0.29) is 5.91 Å². The van der Waals surface area contributed by atoms with Gasteiger partial charge in [0.2, 0.25) is 0 Å². The maximum Gasteiger partial charge on any atom is 0.251 e. The van der Waals surface area contributed by atoms with Crippen LogP contribution in [0.5, 0.6) is 0 Å². The van der Waals surface area contributed by atoms with Crippen LogP contribution in [0.2, 0.25) is 0 Å². The molecule has 84 valence electrons. The van der Waals surface area contributed by atoms with Crippen LogP contribution in [0.4, 0.5) is 0 Å². The van der Waals surface area contributed by atoms with Crippen molar-refractivity contribution in [2.75, 3.05) is 0 Å². The van der Waals surface area contributed by atoms with Crippen molar-refractivity contribution in [1.82, 2.24) is 5.32 Å². The van der Waals surface area contributed by atoms with Crippen molar-refractivity contribution in [3.05, 3.63) is 0 Å². The molecule has 3 aliphatic carbocycles. The maximum atomic E-state index is 11.6. The first-order chi connectivity index (χ1) is 6.98. The van der Waals surface area contributed by atoms with Crippen LogP contribution < -0.4 is 5.32 Å². The molecule has 3 rings (SSSR count). The van der Waals surface area contributed by atoms with Crippen molar-refractivity contribution >= 4 is 5.91 Å². The van der Waals surface area contributed by atoms with Gasteiger partial charge in [0.25, 0.3) is 5.91 Å². The number of hydrogen-bond donors (Lipinski definition) is 2. The van der Waals surface area contributed by atoms with E-state index >= 15 is 0 Å². The summed E-state index contributed by atoms with van der Waals surface area (Å²) in [5.41, 5.74) is -1.23. The zero-order valence-corrected chi connectivity index (χ0v) is 9.36. The molecule has 0 aliphatic heterocycles. The number of amides is 1. The minimum atomic E-state index is -1.23. The van der Waals surface area contributed by atoms with Crippen molar-refractivity contribution in [3.63, 3.8) is 0 Å². The summed E-state index contributed by atoms with van der Waals surface area (Å²) in [6.07, 6.45) is 4.12. The maximum absolute atomic E-state index is 11.6. The monoisotopic (exact) mass is 209 g/mol. The van der Waals surface area contributed by atoms with Crippen LogP contribution >= 0.6 is 0 Å². The van der Waals surface area contributed by atoms with E-state index in [0.717, 1.165) is 23.7 Å². The lowest BCUT2D eigenvalue weighted by Crippen LogP contribution is -2.44. The molecule has 2 N–H and O–H groups in total. The lowest BCUT2D eigenvalue weighted by atomic mass is 10.0. The first-order valence-electron chi connectivity index (χ1n) is 6.02. The van der Waals surface area contributed by atoms with E-state index in [1.807, 2.05) is 0 Å². The number of fused-ring (bicyclic) bond motifs is 5. The van der Waals surface area contributed by atoms with Crippen molar-refractivity contribution in [2.45, 2.75) is 44.8 Å². The molecule has 3 saturated carbocycles. The summed E-state index contributed by atoms with van der Waals surface area (Å²) in [4.78, 5) is 11.6. The van der Waals surface area contributed by atoms with Crippen LogP contribution in [0.15, 0.2) is 0 Å². The molecule has 4 atom stereocenters. The van der Waals surface area contributed by atoms with Crippen molar-refractivity contribution < 1.29 is 9.90 Å². The Morgan fingerprint density at radius 2 is 1.80 bits per heavy atom. The van der Waals surface area contributed by atoms with E-state index in [9.17, 15) is 9.90 Å². The quantitative estimate of drug-likeness (QED) is 0.710. The van der Waals surface area contributed by atoms with Crippen LogP contribution in [0.25, 0.3) is 0 Å². The molecule has 0 radical (unpaired) electrons. The highest BCUT2D eigenvalue weighted by Crippen LogP contribution is 2.65. The van der Waals surface area contributed by atoms with E-state index in [1.54, 1.807) is 13.8 Å². The zero-order valence-electron chi connectivity index (χ0n) is 9.36. The van der Waals surface area contributed by atoms with E-state index in [0.29, 0.717) is 6.04 Å². The summed E-state index contributed by atoms with van der Waals surface area (Å²) in [6, 6.07) is 0.384. The summed E-state index contributed by atoms with van der Waals surface area (Å²) in [7, 11) is 0. The van der Waals surface area contributed by atoms with Gasteiger partial charge in [0.15, 0.2) is 0 Å². The Morgan fingerprint density at radius 3 is 2.27 bits per heavy atom. The van der Waals surface area contributed by atoms with Gasteiger partial charge in [0, 0.05) is 6.04 Å². The number of rotatable bonds is 2. The average molecular weight is 209 g/mol. The third-order valence-electron chi connectivity index (χ3n) is 4.59. The number of carbonyl (C=O) groups excluding carboxylic acids is 1. The Labute approximate surface area is 90.2 Å². The van der Waals surface area contributed by atoms with Gasteiger partial charge in [-0.1, -0.05) is 0 Å². The largest absolute Gasteiger partial charge is 0.381 e. The van der Waals surface area contributed by atoms with Gasteiger partial charge in [-0.05, 0) is 56.8 Å². The molecule has 1 amide bonds. The molecule has 4 unspecified atom stereocenters. The Bertz CT molecular complexity index is 291. The number of nitrogens with one attached hydrogen (secondary N) is 1. The standard InChI is InChI=1S/C12H19NO2/c1-12(2,15)11(14)13-10-8-6-3-4-7(5-6)9(8)10/h6-10,15H,3-5H2,1-2H3,(H,13,14). The Hall–Kier alpha value is -0.570. The predicted molar refractivity (Wildman–Crippen MR) is 56.0 cm³/mol. The van der Waals surface area contributed by atoms with Gasteiger partial charge in [0.1, 0.15) is 5.60 Å². The minimum absolute atomic E-state index is 0.207. The van der Waals surface area contributed by atoms with Gasteiger partial charge in [-0.2, -0.15) is 0 Å². The molecule has 2 bridgehead atoms. The Balaban J connectivity index is 1.62. The molecule has 15 heavy (non-hydrogen) atoms. The Morgan fingerprint density at radius 1 is 1.27 bits per heavy atom. The lowest BCUT2D eigenvalue weighted by molar-refractivity contribution is -0.136. The second-order valence-electron chi connectivity index (χ2n) is 6.05. The summed E-state index contributed by atoms with van der Waals surface area (Å²) < 4.78 is 0. The van der Waals surface area contributed by atoms with Crippen LogP contribution in [-0.4, -0.2) is 22.7 Å². The molecule has 0 aromatic heterocycles. The second kappa shape index (κ2) is 2.76. The highest BCUT2D eigenvalue weighted by molar-refractivity contribution is 5.84. The van der Waals surface area contributed by atoms with E-state index in [4.69, 9.17) is 0 Å². The van der Waals surface area contributed by atoms with Crippen LogP contribution in [-0.2, 0) is 4.79 Å². The fourth-order valence-electron chi connectivity index (χ4n) is 3.85. The first kappa shape index (κ1) is 9.64. The molecular formula is C12H19NO2. The van der Waals surface area contributed by atoms with Gasteiger partial charge < -0.3 is 10.4 Å². The summed E-state index contributed by atoms with van der Waals surface area (Å²) >= 11 is 0. The van der Waals surface area contributed by atoms with Crippen LogP contribution in [0, 0.1) is 23.7 Å². The van der Waals surface area contributed by atoms with Gasteiger partial charge in [-0.3, -0.25) is 4.79 Å². The highest BCUT2D eigenvalue weighted by atomic mass is 16.3. The number of carbonyl (C=O) groups is 1. The van der Waals surface area contributed by atoms with E-state index in [1.165, 1.54) is 19.3 Å². The molecule has 3 nitrogen and oxygen atoms in total. The SMILES string of the molecule is CC(C)(O)C(=O)NC1C2C3CCC(C3)C12. The van der Waals surface area contributed by atoms with Gasteiger partial charge >= 0.3 is 0 Å². The molecular weight excluding hydrogens is 190 g/mol. The van der Waals surface area contributed by atoms with Crippen molar-refractivity contribution in [1.29, 1.82) is 0 Å². The van der Waals surface area contributed by atoms with Crippen LogP contribution in [0.3, 0.4) is 0 Å². The van der Waals surface area contributed by atoms with Gasteiger partial charge in [0.05, 0.1) is 0 Å². The number of hydrogen-bond acceptors (Lipinski definition) is 2. The van der Waals surface area contributed by atoms with Crippen molar-refractivity contribution in [3.8, 4) is 0 Å². The minimum Gasteiger partial charge on any atom is -0.381 e. The molecule has 0 aromatic rings. The highest BCUT2D eigenvalue weighted by Gasteiger charge is 2.65. The van der Waals surface area contributed by atoms with E-state index in [2.05, 4.69) is 5.32 Å². The van der Waals surface area contributed by atoms with Gasteiger partial charge in [-0.15, -0.1) is 0 Å². The van der Waals surface area contributed by atoms with Gasteiger partial charge in [-0.25, -0.2) is 0 Å². The fourth-order valence-corrected chi connectivity index (χ4v) is 3.85. The second-order valence-corrected chi connectivity index (χ2v) is 6.05. The van der Waals surface area contributed by atoms with Crippen molar-refractivity contribution in [2.24, 2.45) is 23.7 Å². The molecule has 0 heterocycles. The lowest BCUT2D eigenvalue weighted by Gasteiger charge is -2.18. The smallest absolute Gasteiger partial charge is 0.251 e. The third kappa shape index (κ3) is 1.32. The predicted octanol–water partition coefficient (Wildman–Crippen LogP) is 0.918. The average Bonchev–Trinajstić information content (AvgIpc) is 2.57. The topological polar surface area (TPSA) is 49.3 Å². The molecule has 3 heteroatoms. The van der Waals surface area contributed by atoms with Crippen LogP contribution in [0.1, 0.15) is 33.1 Å². The Kier molecular flexibility index (Phi) is 1.77. The molecule has 0 aromatic carbocycles. The molecule has 0 spiro atoms. The molecule has 3 fully saturated rings. The first-order valence-corrected chi connectivity index (χ1v) is 6.02.